The maximum Gasteiger partial charge on any atom is 0.138 e. The first-order valence-electron chi connectivity index (χ1n) is 6.88. The average Bonchev–Trinajstić information content (AvgIpc) is 3.15. The molecule has 0 unspecified atom stereocenters. The van der Waals surface area contributed by atoms with Crippen molar-refractivity contribution in [2.75, 3.05) is 5.88 Å². The van der Waals surface area contributed by atoms with Crippen LogP contribution in [0, 0.1) is 15.3 Å². The summed E-state index contributed by atoms with van der Waals surface area (Å²) < 4.78 is 16.8. The van der Waals surface area contributed by atoms with Crippen LogP contribution in [0.15, 0.2) is 12.1 Å². The van der Waals surface area contributed by atoms with E-state index in [2.05, 4.69) is 23.4 Å². The molecule has 0 bridgehead atoms. The Bertz CT molecular complexity index is 661. The van der Waals surface area contributed by atoms with E-state index in [0.717, 1.165) is 16.9 Å². The van der Waals surface area contributed by atoms with Gasteiger partial charge in [0.05, 0.1) is 14.6 Å². The summed E-state index contributed by atoms with van der Waals surface area (Å²) in [5, 5.41) is 0. The Labute approximate surface area is 136 Å². The molecule has 0 atom stereocenters. The summed E-state index contributed by atoms with van der Waals surface area (Å²) in [5.41, 5.74) is 1.72. The molecule has 5 heteroatoms. The third kappa shape index (κ3) is 2.34. The number of alkyl halides is 1. The van der Waals surface area contributed by atoms with Crippen molar-refractivity contribution in [3.8, 4) is 0 Å². The van der Waals surface area contributed by atoms with Crippen molar-refractivity contribution in [1.82, 2.24) is 9.55 Å². The monoisotopic (exact) mass is 406 g/mol. The van der Waals surface area contributed by atoms with Crippen LogP contribution < -0.4 is 0 Å². The molecule has 1 aromatic heterocycles. The summed E-state index contributed by atoms with van der Waals surface area (Å²) >= 11 is 7.93. The number of aryl methyl sites for hydroxylation is 1. The molecule has 20 heavy (non-hydrogen) atoms. The molecule has 0 aliphatic heterocycles. The van der Waals surface area contributed by atoms with Gasteiger partial charge in [0.25, 0.3) is 0 Å². The quantitative estimate of drug-likeness (QED) is 0.531. The van der Waals surface area contributed by atoms with E-state index >= 15 is 0 Å². The van der Waals surface area contributed by atoms with Crippen molar-refractivity contribution >= 4 is 45.2 Å². The number of imidazole rings is 1. The highest BCUT2D eigenvalue weighted by Crippen LogP contribution is 2.45. The highest BCUT2D eigenvalue weighted by atomic mass is 127. The lowest BCUT2D eigenvalue weighted by Crippen LogP contribution is -2.30. The smallest absolute Gasteiger partial charge is 0.138 e. The lowest BCUT2D eigenvalue weighted by atomic mass is 9.97. The number of benzene rings is 1. The fourth-order valence-electron chi connectivity index (χ4n) is 2.99. The Morgan fingerprint density at radius 3 is 2.75 bits per heavy atom. The molecular formula is C15H17ClFIN2. The molecule has 0 spiro atoms. The predicted molar refractivity (Wildman–Crippen MR) is 88.9 cm³/mol. The lowest BCUT2D eigenvalue weighted by Gasteiger charge is -2.29. The summed E-state index contributed by atoms with van der Waals surface area (Å²) in [6, 6.07) is 3.44. The van der Waals surface area contributed by atoms with Crippen LogP contribution >= 0.6 is 34.2 Å². The molecule has 1 heterocycles. The molecule has 1 aliphatic carbocycles. The van der Waals surface area contributed by atoms with E-state index in [1.807, 2.05) is 28.7 Å². The number of hydrogen-bond acceptors (Lipinski definition) is 1. The van der Waals surface area contributed by atoms with E-state index in [0.29, 0.717) is 21.8 Å². The van der Waals surface area contributed by atoms with Gasteiger partial charge in [0.1, 0.15) is 11.6 Å². The number of halogens is 3. The van der Waals surface area contributed by atoms with Gasteiger partial charge in [0, 0.05) is 23.9 Å². The average molecular weight is 407 g/mol. The molecule has 2 aromatic rings. The third-order valence-corrected chi connectivity index (χ3v) is 5.25. The van der Waals surface area contributed by atoms with E-state index in [4.69, 9.17) is 11.6 Å². The predicted octanol–water partition coefficient (Wildman–Crippen LogP) is 4.71. The van der Waals surface area contributed by atoms with Gasteiger partial charge in [-0.2, -0.15) is 0 Å². The highest BCUT2D eigenvalue weighted by Gasteiger charge is 2.41. The minimum Gasteiger partial charge on any atom is -0.322 e. The van der Waals surface area contributed by atoms with Gasteiger partial charge in [-0.3, -0.25) is 0 Å². The van der Waals surface area contributed by atoms with Gasteiger partial charge in [0.2, 0.25) is 0 Å². The normalized spacial score (nSPS) is 16.1. The maximum absolute atomic E-state index is 14.0. The molecule has 0 amide bonds. The van der Waals surface area contributed by atoms with Crippen molar-refractivity contribution in [2.45, 2.75) is 38.6 Å². The first-order valence-corrected chi connectivity index (χ1v) is 8.49. The van der Waals surface area contributed by atoms with Crippen LogP contribution in [0.3, 0.4) is 0 Å². The molecular weight excluding hydrogens is 390 g/mol. The minimum absolute atomic E-state index is 0.0324. The van der Waals surface area contributed by atoms with Crippen LogP contribution in [-0.4, -0.2) is 15.4 Å². The Hall–Kier alpha value is -0.360. The number of nitrogens with zero attached hydrogens (tertiary/aromatic N) is 2. The van der Waals surface area contributed by atoms with E-state index in [1.54, 1.807) is 6.07 Å². The first kappa shape index (κ1) is 14.6. The molecule has 2 nitrogen and oxygen atoms in total. The Morgan fingerprint density at radius 2 is 2.15 bits per heavy atom. The zero-order chi connectivity index (χ0) is 14.5. The SMILES string of the molecule is CC(C)(C1CC1)n1c(CCCl)nc2cc(I)c(F)cc21. The van der Waals surface area contributed by atoms with Crippen LogP contribution in [0.1, 0.15) is 32.5 Å². The van der Waals surface area contributed by atoms with Gasteiger partial charge in [0.15, 0.2) is 0 Å². The van der Waals surface area contributed by atoms with Crippen molar-refractivity contribution in [2.24, 2.45) is 5.92 Å². The highest BCUT2D eigenvalue weighted by molar-refractivity contribution is 14.1. The van der Waals surface area contributed by atoms with Gasteiger partial charge >= 0.3 is 0 Å². The molecule has 0 N–H and O–H groups in total. The fourth-order valence-corrected chi connectivity index (χ4v) is 3.61. The zero-order valence-electron chi connectivity index (χ0n) is 11.6. The summed E-state index contributed by atoms with van der Waals surface area (Å²) in [6.07, 6.45) is 3.18. The topological polar surface area (TPSA) is 17.8 Å². The second-order valence-electron chi connectivity index (χ2n) is 5.99. The van der Waals surface area contributed by atoms with Gasteiger partial charge < -0.3 is 4.57 Å². The lowest BCUT2D eigenvalue weighted by molar-refractivity contribution is 0.304. The molecule has 0 radical (unpaired) electrons. The van der Waals surface area contributed by atoms with Crippen LogP contribution in [-0.2, 0) is 12.0 Å². The number of hydrogen-bond donors (Lipinski definition) is 0. The van der Waals surface area contributed by atoms with Gasteiger partial charge in [-0.15, -0.1) is 11.6 Å². The first-order chi connectivity index (χ1) is 9.45. The molecule has 108 valence electrons. The minimum atomic E-state index is -0.178. The summed E-state index contributed by atoms with van der Waals surface area (Å²) in [5.74, 6) is 1.97. The largest absolute Gasteiger partial charge is 0.322 e. The Morgan fingerprint density at radius 1 is 1.45 bits per heavy atom. The number of fused-ring (bicyclic) bond motifs is 1. The number of aromatic nitrogens is 2. The van der Waals surface area contributed by atoms with E-state index in [9.17, 15) is 4.39 Å². The Balaban J connectivity index is 2.25. The molecule has 1 aromatic carbocycles. The van der Waals surface area contributed by atoms with Crippen LogP contribution in [0.25, 0.3) is 11.0 Å². The van der Waals surface area contributed by atoms with Crippen molar-refractivity contribution in [3.05, 3.63) is 27.3 Å². The van der Waals surface area contributed by atoms with Gasteiger partial charge in [-0.1, -0.05) is 0 Å². The van der Waals surface area contributed by atoms with Gasteiger partial charge in [-0.05, 0) is 61.3 Å². The van der Waals surface area contributed by atoms with Gasteiger partial charge in [-0.25, -0.2) is 9.37 Å². The molecule has 3 rings (SSSR count). The summed E-state index contributed by atoms with van der Waals surface area (Å²) in [4.78, 5) is 4.69. The standard InChI is InChI=1S/C15H17ClFIN2/c1-15(2,9-3-4-9)20-13-7-10(17)11(18)8-12(13)19-14(20)5-6-16/h7-9H,3-6H2,1-2H3. The van der Waals surface area contributed by atoms with Crippen molar-refractivity contribution in [3.63, 3.8) is 0 Å². The fraction of sp³-hybridized carbons (Fsp3) is 0.533. The van der Waals surface area contributed by atoms with Crippen LogP contribution in [0.4, 0.5) is 4.39 Å². The van der Waals surface area contributed by atoms with E-state index in [-0.39, 0.29) is 11.4 Å². The Kier molecular flexibility index (Phi) is 3.73. The zero-order valence-corrected chi connectivity index (χ0v) is 14.5. The third-order valence-electron chi connectivity index (χ3n) is 4.24. The van der Waals surface area contributed by atoms with Crippen LogP contribution in [0.2, 0.25) is 0 Å². The molecule has 1 aliphatic rings. The summed E-state index contributed by atoms with van der Waals surface area (Å²) in [6.45, 7) is 4.44. The van der Waals surface area contributed by atoms with E-state index in [1.165, 1.54) is 12.8 Å². The molecule has 0 saturated heterocycles. The second kappa shape index (κ2) is 5.13. The molecule has 1 fully saturated rings. The molecule has 1 saturated carbocycles. The summed E-state index contributed by atoms with van der Waals surface area (Å²) in [7, 11) is 0. The van der Waals surface area contributed by atoms with Crippen molar-refractivity contribution in [1.29, 1.82) is 0 Å². The number of rotatable bonds is 4. The van der Waals surface area contributed by atoms with E-state index < -0.39 is 0 Å². The second-order valence-corrected chi connectivity index (χ2v) is 7.53. The van der Waals surface area contributed by atoms with Crippen molar-refractivity contribution < 1.29 is 4.39 Å². The maximum atomic E-state index is 14.0. The van der Waals surface area contributed by atoms with Crippen LogP contribution in [0.5, 0.6) is 0 Å².